The molecule has 0 saturated carbocycles. The highest BCUT2D eigenvalue weighted by atomic mass is 16.6. The molecule has 0 spiro atoms. The van der Waals surface area contributed by atoms with Crippen LogP contribution in [0.25, 0.3) is 0 Å². The predicted molar refractivity (Wildman–Crippen MR) is 76.4 cm³/mol. The number of rotatable bonds is 4. The number of hydrogen-bond acceptors (Lipinski definition) is 7. The Labute approximate surface area is 117 Å². The van der Waals surface area contributed by atoms with Crippen LogP contribution in [0, 0.1) is 28.9 Å². The second-order valence-corrected chi connectivity index (χ2v) is 5.45. The maximum atomic E-state index is 11.3. The van der Waals surface area contributed by atoms with E-state index in [1.165, 1.54) is 0 Å². The Bertz CT molecular complexity index is 519. The summed E-state index contributed by atoms with van der Waals surface area (Å²) in [4.78, 5) is 21.0. The lowest BCUT2D eigenvalue weighted by atomic mass is 9.95. The van der Waals surface area contributed by atoms with Gasteiger partial charge in [0, 0.05) is 13.1 Å². The number of hydrazine groups is 1. The van der Waals surface area contributed by atoms with Crippen molar-refractivity contribution in [2.24, 2.45) is 17.7 Å². The first-order valence-corrected chi connectivity index (χ1v) is 6.68. The summed E-state index contributed by atoms with van der Waals surface area (Å²) in [5, 5.41) is 11.3. The molecule has 2 rings (SSSR count). The lowest BCUT2D eigenvalue weighted by molar-refractivity contribution is -0.385. The molecule has 1 aliphatic heterocycles. The van der Waals surface area contributed by atoms with Crippen molar-refractivity contribution in [3.8, 4) is 0 Å². The SMILES string of the molecule is Cc1nc(NN)nc(N2CCC(C(C)C)C2)c1[N+](=O)[O-]. The molecule has 1 aliphatic rings. The molecule has 0 aromatic carbocycles. The lowest BCUT2D eigenvalue weighted by Crippen LogP contribution is -2.25. The van der Waals surface area contributed by atoms with E-state index in [1.54, 1.807) is 6.92 Å². The fourth-order valence-corrected chi connectivity index (χ4v) is 2.57. The molecule has 1 unspecified atom stereocenters. The Morgan fingerprint density at radius 3 is 2.70 bits per heavy atom. The topological polar surface area (TPSA) is 110 Å². The fraction of sp³-hybridized carbons (Fsp3) is 0.667. The van der Waals surface area contributed by atoms with Crippen molar-refractivity contribution in [2.75, 3.05) is 23.4 Å². The molecule has 8 nitrogen and oxygen atoms in total. The first kappa shape index (κ1) is 14.4. The summed E-state index contributed by atoms with van der Waals surface area (Å²) in [7, 11) is 0. The van der Waals surface area contributed by atoms with E-state index >= 15 is 0 Å². The zero-order chi connectivity index (χ0) is 14.9. The van der Waals surface area contributed by atoms with Crippen molar-refractivity contribution in [2.45, 2.75) is 27.2 Å². The molecule has 20 heavy (non-hydrogen) atoms. The summed E-state index contributed by atoms with van der Waals surface area (Å²) in [6, 6.07) is 0. The number of nitrogens with two attached hydrogens (primary N) is 1. The molecule has 1 fully saturated rings. The van der Waals surface area contributed by atoms with Crippen LogP contribution in [0.1, 0.15) is 26.0 Å². The van der Waals surface area contributed by atoms with E-state index in [9.17, 15) is 10.1 Å². The maximum absolute atomic E-state index is 11.3. The Kier molecular flexibility index (Phi) is 4.03. The molecule has 1 atom stereocenters. The van der Waals surface area contributed by atoms with Gasteiger partial charge >= 0.3 is 5.69 Å². The molecule has 0 aliphatic carbocycles. The van der Waals surface area contributed by atoms with Gasteiger partial charge in [-0.25, -0.2) is 10.8 Å². The summed E-state index contributed by atoms with van der Waals surface area (Å²) in [6.07, 6.45) is 1.02. The van der Waals surface area contributed by atoms with Crippen molar-refractivity contribution in [3.63, 3.8) is 0 Å². The number of anilines is 2. The van der Waals surface area contributed by atoms with Crippen LogP contribution < -0.4 is 16.2 Å². The summed E-state index contributed by atoms with van der Waals surface area (Å²) >= 11 is 0. The summed E-state index contributed by atoms with van der Waals surface area (Å²) < 4.78 is 0. The highest BCUT2D eigenvalue weighted by molar-refractivity contribution is 5.62. The van der Waals surface area contributed by atoms with Crippen LogP contribution in [0.3, 0.4) is 0 Å². The zero-order valence-electron chi connectivity index (χ0n) is 12.0. The van der Waals surface area contributed by atoms with Crippen LogP contribution in [-0.2, 0) is 0 Å². The van der Waals surface area contributed by atoms with Crippen LogP contribution in [-0.4, -0.2) is 28.0 Å². The first-order valence-electron chi connectivity index (χ1n) is 6.68. The number of nitro groups is 1. The van der Waals surface area contributed by atoms with Crippen LogP contribution in [0.15, 0.2) is 0 Å². The number of nitrogen functional groups attached to an aromatic ring is 1. The van der Waals surface area contributed by atoms with Crippen molar-refractivity contribution in [1.82, 2.24) is 9.97 Å². The van der Waals surface area contributed by atoms with Gasteiger partial charge in [-0.1, -0.05) is 13.8 Å². The van der Waals surface area contributed by atoms with Crippen LogP contribution in [0.4, 0.5) is 17.5 Å². The number of hydrogen-bond donors (Lipinski definition) is 2. The number of nitrogens with one attached hydrogen (secondary N) is 1. The molecule has 110 valence electrons. The smallest absolute Gasteiger partial charge is 0.332 e. The van der Waals surface area contributed by atoms with Crippen LogP contribution >= 0.6 is 0 Å². The summed E-state index contributed by atoms with van der Waals surface area (Å²) in [6.45, 7) is 7.48. The number of aryl methyl sites for hydroxylation is 1. The van der Waals surface area contributed by atoms with Gasteiger partial charge in [-0.05, 0) is 25.2 Å². The molecule has 3 N–H and O–H groups in total. The summed E-state index contributed by atoms with van der Waals surface area (Å²) in [5.74, 6) is 6.97. The minimum atomic E-state index is -0.423. The second-order valence-electron chi connectivity index (χ2n) is 5.45. The molecule has 0 bridgehead atoms. The van der Waals surface area contributed by atoms with E-state index in [1.807, 2.05) is 4.90 Å². The lowest BCUT2D eigenvalue weighted by Gasteiger charge is -2.19. The van der Waals surface area contributed by atoms with Gasteiger partial charge in [0.1, 0.15) is 5.69 Å². The van der Waals surface area contributed by atoms with Crippen molar-refractivity contribution in [3.05, 3.63) is 15.8 Å². The molecule has 2 heterocycles. The van der Waals surface area contributed by atoms with Crippen LogP contribution in [0.5, 0.6) is 0 Å². The first-order chi connectivity index (χ1) is 9.43. The Hall–Kier alpha value is -1.96. The Morgan fingerprint density at radius 2 is 2.20 bits per heavy atom. The number of aromatic nitrogens is 2. The summed E-state index contributed by atoms with van der Waals surface area (Å²) in [5.41, 5.74) is 2.65. The quantitative estimate of drug-likeness (QED) is 0.488. The largest absolute Gasteiger partial charge is 0.350 e. The highest BCUT2D eigenvalue weighted by Crippen LogP contribution is 2.34. The molecule has 0 amide bonds. The molecule has 8 heteroatoms. The van der Waals surface area contributed by atoms with Gasteiger partial charge in [-0.3, -0.25) is 15.5 Å². The standard InChI is InChI=1S/C12H20N6O2/c1-7(2)9-4-5-17(6-9)11-10(18(19)20)8(3)14-12(15-11)16-13/h7,9H,4-6,13H2,1-3H3,(H,14,15,16). The molecule has 1 aromatic heterocycles. The average Bonchev–Trinajstić information content (AvgIpc) is 2.86. The molecular weight excluding hydrogens is 260 g/mol. The molecule has 0 radical (unpaired) electrons. The Balaban J connectivity index is 2.39. The molecule has 1 aromatic rings. The van der Waals surface area contributed by atoms with Gasteiger partial charge in [0.25, 0.3) is 0 Å². The zero-order valence-corrected chi connectivity index (χ0v) is 12.0. The van der Waals surface area contributed by atoms with Crippen LogP contribution in [0.2, 0.25) is 0 Å². The third-order valence-corrected chi connectivity index (χ3v) is 3.82. The van der Waals surface area contributed by atoms with Gasteiger partial charge in [0.15, 0.2) is 0 Å². The van der Waals surface area contributed by atoms with E-state index in [-0.39, 0.29) is 11.6 Å². The van der Waals surface area contributed by atoms with E-state index in [0.29, 0.717) is 23.3 Å². The molecular formula is C12H20N6O2. The van der Waals surface area contributed by atoms with Gasteiger partial charge in [-0.15, -0.1) is 0 Å². The third kappa shape index (κ3) is 2.64. The predicted octanol–water partition coefficient (Wildman–Crippen LogP) is 1.46. The Morgan fingerprint density at radius 1 is 1.50 bits per heavy atom. The van der Waals surface area contributed by atoms with Crippen molar-refractivity contribution < 1.29 is 4.92 Å². The van der Waals surface area contributed by atoms with Gasteiger partial charge in [-0.2, -0.15) is 4.98 Å². The second kappa shape index (κ2) is 5.58. The van der Waals surface area contributed by atoms with E-state index < -0.39 is 4.92 Å². The minimum Gasteiger partial charge on any atom is -0.350 e. The molecule has 1 saturated heterocycles. The van der Waals surface area contributed by atoms with Gasteiger partial charge in [0.05, 0.1) is 4.92 Å². The normalized spacial score (nSPS) is 18.6. The van der Waals surface area contributed by atoms with E-state index in [2.05, 4.69) is 29.2 Å². The maximum Gasteiger partial charge on any atom is 0.332 e. The highest BCUT2D eigenvalue weighted by Gasteiger charge is 2.32. The average molecular weight is 280 g/mol. The monoisotopic (exact) mass is 280 g/mol. The minimum absolute atomic E-state index is 0.0339. The van der Waals surface area contributed by atoms with Gasteiger partial charge in [0.2, 0.25) is 11.8 Å². The third-order valence-electron chi connectivity index (χ3n) is 3.82. The fourth-order valence-electron chi connectivity index (χ4n) is 2.57. The van der Waals surface area contributed by atoms with E-state index in [0.717, 1.165) is 19.5 Å². The van der Waals surface area contributed by atoms with E-state index in [4.69, 9.17) is 5.84 Å². The van der Waals surface area contributed by atoms with Crippen molar-refractivity contribution >= 4 is 17.5 Å². The van der Waals surface area contributed by atoms with Gasteiger partial charge < -0.3 is 4.90 Å². The van der Waals surface area contributed by atoms with Crippen molar-refractivity contribution in [1.29, 1.82) is 0 Å². The number of nitrogens with zero attached hydrogens (tertiary/aromatic N) is 4.